The van der Waals surface area contributed by atoms with E-state index in [1.54, 1.807) is 7.11 Å². The summed E-state index contributed by atoms with van der Waals surface area (Å²) in [5.41, 5.74) is 2.17. The minimum absolute atomic E-state index is 0.297. The van der Waals surface area contributed by atoms with Crippen LogP contribution in [0.4, 0.5) is 0 Å². The summed E-state index contributed by atoms with van der Waals surface area (Å²) in [4.78, 5) is 8.60. The molecule has 4 nitrogen and oxygen atoms in total. The van der Waals surface area contributed by atoms with Gasteiger partial charge >= 0.3 is 0 Å². The van der Waals surface area contributed by atoms with Crippen LogP contribution in [0.5, 0.6) is 5.88 Å². The van der Waals surface area contributed by atoms with E-state index in [2.05, 4.69) is 22.2 Å². The van der Waals surface area contributed by atoms with E-state index in [-0.39, 0.29) is 0 Å². The maximum absolute atomic E-state index is 5.22. The van der Waals surface area contributed by atoms with Crippen LogP contribution in [0.1, 0.15) is 30.0 Å². The largest absolute Gasteiger partial charge is 0.481 e. The Bertz CT molecular complexity index is 338. The molecule has 0 saturated carbocycles. The zero-order valence-electron chi connectivity index (χ0n) is 8.09. The average Bonchev–Trinajstić information content (AvgIpc) is 2.46. The number of hydrogen-bond donors (Lipinski definition) is 1. The van der Waals surface area contributed by atoms with Crippen molar-refractivity contribution in [2.75, 3.05) is 7.11 Å². The van der Waals surface area contributed by atoms with Crippen molar-refractivity contribution in [3.05, 3.63) is 17.1 Å². The predicted molar refractivity (Wildman–Crippen MR) is 48.6 cm³/mol. The van der Waals surface area contributed by atoms with Gasteiger partial charge in [0.25, 0.3) is 0 Å². The van der Waals surface area contributed by atoms with Gasteiger partial charge in [0.05, 0.1) is 18.4 Å². The molecule has 0 saturated heterocycles. The lowest BCUT2D eigenvalue weighted by Gasteiger charge is -2.09. The summed E-state index contributed by atoms with van der Waals surface area (Å²) in [5.74, 6) is 1.48. The number of hydrogen-bond acceptors (Lipinski definition) is 4. The highest BCUT2D eigenvalue weighted by atomic mass is 16.5. The SMILES string of the molecule is COc1nc(C)nc2c1C(C)NC2. The first kappa shape index (κ1) is 8.44. The molecule has 70 valence electrons. The molecular weight excluding hydrogens is 166 g/mol. The number of nitrogens with one attached hydrogen (secondary N) is 1. The quantitative estimate of drug-likeness (QED) is 0.697. The van der Waals surface area contributed by atoms with E-state index in [9.17, 15) is 0 Å². The first-order valence-corrected chi connectivity index (χ1v) is 4.37. The molecule has 13 heavy (non-hydrogen) atoms. The van der Waals surface area contributed by atoms with Gasteiger partial charge in [-0.2, -0.15) is 4.98 Å². The molecule has 0 amide bonds. The van der Waals surface area contributed by atoms with E-state index < -0.39 is 0 Å². The lowest BCUT2D eigenvalue weighted by molar-refractivity contribution is 0.387. The molecule has 1 aromatic rings. The zero-order valence-corrected chi connectivity index (χ0v) is 8.09. The third-order valence-corrected chi connectivity index (χ3v) is 2.30. The van der Waals surface area contributed by atoms with Crippen LogP contribution < -0.4 is 10.1 Å². The molecule has 2 heterocycles. The maximum Gasteiger partial charge on any atom is 0.221 e. The lowest BCUT2D eigenvalue weighted by atomic mass is 10.1. The van der Waals surface area contributed by atoms with Gasteiger partial charge in [0, 0.05) is 12.6 Å². The number of aryl methyl sites for hydroxylation is 1. The van der Waals surface area contributed by atoms with Crippen molar-refractivity contribution in [3.8, 4) is 5.88 Å². The fourth-order valence-corrected chi connectivity index (χ4v) is 1.69. The van der Waals surface area contributed by atoms with Crippen LogP contribution in [0, 0.1) is 6.92 Å². The zero-order chi connectivity index (χ0) is 9.42. The number of aromatic nitrogens is 2. The fraction of sp³-hybridized carbons (Fsp3) is 0.556. The average molecular weight is 179 g/mol. The van der Waals surface area contributed by atoms with Crippen LogP contribution in [0.15, 0.2) is 0 Å². The standard InChI is InChI=1S/C9H13N3O/c1-5-8-7(4-10-5)11-6(2)12-9(8)13-3/h5,10H,4H2,1-3H3. The number of rotatable bonds is 1. The summed E-state index contributed by atoms with van der Waals surface area (Å²) < 4.78 is 5.22. The minimum atomic E-state index is 0.297. The van der Waals surface area contributed by atoms with E-state index in [1.165, 1.54) is 0 Å². The molecule has 0 aromatic carbocycles. The first-order valence-electron chi connectivity index (χ1n) is 4.37. The summed E-state index contributed by atoms with van der Waals surface area (Å²) in [6.07, 6.45) is 0. The molecule has 0 bridgehead atoms. The highest BCUT2D eigenvalue weighted by molar-refractivity contribution is 5.36. The van der Waals surface area contributed by atoms with Gasteiger partial charge in [-0.3, -0.25) is 0 Å². The third kappa shape index (κ3) is 1.27. The van der Waals surface area contributed by atoms with Gasteiger partial charge in [-0.25, -0.2) is 4.98 Å². The highest BCUT2D eigenvalue weighted by Gasteiger charge is 2.24. The van der Waals surface area contributed by atoms with Crippen molar-refractivity contribution >= 4 is 0 Å². The molecule has 1 aliphatic rings. The number of ether oxygens (including phenoxy) is 1. The number of methoxy groups -OCH3 is 1. The van der Waals surface area contributed by atoms with Crippen molar-refractivity contribution in [3.63, 3.8) is 0 Å². The normalized spacial score (nSPS) is 20.1. The fourth-order valence-electron chi connectivity index (χ4n) is 1.69. The van der Waals surface area contributed by atoms with Crippen molar-refractivity contribution in [1.82, 2.24) is 15.3 Å². The van der Waals surface area contributed by atoms with Crippen LogP contribution in [-0.4, -0.2) is 17.1 Å². The van der Waals surface area contributed by atoms with Crippen LogP contribution >= 0.6 is 0 Å². The second kappa shape index (κ2) is 2.96. The molecule has 1 aromatic heterocycles. The Kier molecular flexibility index (Phi) is 1.92. The Hall–Kier alpha value is -1.16. The summed E-state index contributed by atoms with van der Waals surface area (Å²) in [7, 11) is 1.65. The summed E-state index contributed by atoms with van der Waals surface area (Å²) >= 11 is 0. The first-order chi connectivity index (χ1) is 6.22. The Labute approximate surface area is 77.4 Å². The summed E-state index contributed by atoms with van der Waals surface area (Å²) in [6.45, 7) is 4.79. The van der Waals surface area contributed by atoms with Gasteiger partial charge in [0.15, 0.2) is 0 Å². The van der Waals surface area contributed by atoms with Gasteiger partial charge in [0.2, 0.25) is 5.88 Å². The van der Waals surface area contributed by atoms with Gasteiger partial charge in [0.1, 0.15) is 5.82 Å². The van der Waals surface area contributed by atoms with Crippen molar-refractivity contribution in [1.29, 1.82) is 0 Å². The smallest absolute Gasteiger partial charge is 0.221 e. The molecule has 1 unspecified atom stereocenters. The topological polar surface area (TPSA) is 47.0 Å². The van der Waals surface area contributed by atoms with Crippen molar-refractivity contribution < 1.29 is 4.74 Å². The molecule has 0 radical (unpaired) electrons. The van der Waals surface area contributed by atoms with Crippen LogP contribution in [-0.2, 0) is 6.54 Å². The second-order valence-corrected chi connectivity index (χ2v) is 3.24. The molecular formula is C9H13N3O. The van der Waals surface area contributed by atoms with Crippen molar-refractivity contribution in [2.24, 2.45) is 0 Å². The lowest BCUT2D eigenvalue weighted by Crippen LogP contribution is -2.08. The molecule has 0 fully saturated rings. The molecule has 0 spiro atoms. The number of fused-ring (bicyclic) bond motifs is 1. The molecule has 2 rings (SSSR count). The van der Waals surface area contributed by atoms with Crippen LogP contribution in [0.25, 0.3) is 0 Å². The summed E-state index contributed by atoms with van der Waals surface area (Å²) in [5, 5.41) is 3.30. The Morgan fingerprint density at radius 3 is 2.92 bits per heavy atom. The molecule has 0 aliphatic carbocycles. The van der Waals surface area contributed by atoms with Crippen LogP contribution in [0.2, 0.25) is 0 Å². The molecule has 1 N–H and O–H groups in total. The van der Waals surface area contributed by atoms with Crippen LogP contribution in [0.3, 0.4) is 0 Å². The Morgan fingerprint density at radius 1 is 1.46 bits per heavy atom. The maximum atomic E-state index is 5.22. The molecule has 1 aliphatic heterocycles. The Balaban J connectivity index is 2.57. The van der Waals surface area contributed by atoms with Crippen molar-refractivity contribution in [2.45, 2.75) is 26.4 Å². The number of nitrogens with zero attached hydrogens (tertiary/aromatic N) is 2. The third-order valence-electron chi connectivity index (χ3n) is 2.30. The minimum Gasteiger partial charge on any atom is -0.481 e. The van der Waals surface area contributed by atoms with E-state index >= 15 is 0 Å². The second-order valence-electron chi connectivity index (χ2n) is 3.24. The Morgan fingerprint density at radius 2 is 2.23 bits per heavy atom. The van der Waals surface area contributed by atoms with Gasteiger partial charge in [-0.05, 0) is 13.8 Å². The van der Waals surface area contributed by atoms with Gasteiger partial charge in [-0.15, -0.1) is 0 Å². The van der Waals surface area contributed by atoms with Gasteiger partial charge < -0.3 is 10.1 Å². The van der Waals surface area contributed by atoms with E-state index in [1.807, 2.05) is 6.92 Å². The van der Waals surface area contributed by atoms with E-state index in [0.29, 0.717) is 11.9 Å². The molecule has 4 heteroatoms. The summed E-state index contributed by atoms with van der Waals surface area (Å²) in [6, 6.07) is 0.297. The highest BCUT2D eigenvalue weighted by Crippen LogP contribution is 2.30. The molecule has 1 atom stereocenters. The van der Waals surface area contributed by atoms with Gasteiger partial charge in [-0.1, -0.05) is 0 Å². The van der Waals surface area contributed by atoms with E-state index in [4.69, 9.17) is 4.74 Å². The van der Waals surface area contributed by atoms with E-state index in [0.717, 1.165) is 23.6 Å². The predicted octanol–water partition coefficient (Wildman–Crippen LogP) is 0.958. The monoisotopic (exact) mass is 179 g/mol.